The molecule has 0 bridgehead atoms. The van der Waals surface area contributed by atoms with Crippen LogP contribution in [0.3, 0.4) is 0 Å². The van der Waals surface area contributed by atoms with Crippen LogP contribution in [-0.4, -0.2) is 29.5 Å². The SMILES string of the molecule is CCCCCCCC/C=C\CCCCCCCC(=O)ON1CC(=O)NC1=O. The van der Waals surface area contributed by atoms with Crippen LogP contribution >= 0.6 is 0 Å². The van der Waals surface area contributed by atoms with Crippen LogP contribution in [0, 0.1) is 0 Å². The van der Waals surface area contributed by atoms with Crippen LogP contribution in [0.5, 0.6) is 0 Å². The smallest absolute Gasteiger partial charge is 0.336 e. The van der Waals surface area contributed by atoms with E-state index in [-0.39, 0.29) is 13.0 Å². The van der Waals surface area contributed by atoms with Crippen LogP contribution < -0.4 is 5.32 Å². The molecule has 1 aliphatic heterocycles. The van der Waals surface area contributed by atoms with Crippen LogP contribution in [0.15, 0.2) is 12.2 Å². The predicted molar refractivity (Wildman–Crippen MR) is 106 cm³/mol. The minimum absolute atomic E-state index is 0.211. The van der Waals surface area contributed by atoms with Crippen molar-refractivity contribution in [2.45, 2.75) is 96.8 Å². The zero-order chi connectivity index (χ0) is 19.7. The molecular weight excluding hydrogens is 344 g/mol. The van der Waals surface area contributed by atoms with Gasteiger partial charge in [0.05, 0.1) is 0 Å². The molecule has 0 aromatic heterocycles. The second kappa shape index (κ2) is 15.2. The molecule has 0 unspecified atom stereocenters. The molecule has 1 N–H and O–H groups in total. The summed E-state index contributed by atoms with van der Waals surface area (Å²) in [7, 11) is 0. The topological polar surface area (TPSA) is 75.7 Å². The second-order valence-electron chi connectivity index (χ2n) is 7.19. The quantitative estimate of drug-likeness (QED) is 0.231. The summed E-state index contributed by atoms with van der Waals surface area (Å²) in [6.07, 6.45) is 20.5. The molecule has 0 aromatic carbocycles. The van der Waals surface area contributed by atoms with Crippen molar-refractivity contribution >= 4 is 17.9 Å². The molecular formula is C21H36N2O4. The van der Waals surface area contributed by atoms with Gasteiger partial charge >= 0.3 is 12.0 Å². The monoisotopic (exact) mass is 380 g/mol. The zero-order valence-corrected chi connectivity index (χ0v) is 16.8. The highest BCUT2D eigenvalue weighted by Crippen LogP contribution is 2.11. The third-order valence-corrected chi connectivity index (χ3v) is 4.61. The fourth-order valence-electron chi connectivity index (χ4n) is 3.01. The maximum atomic E-state index is 11.6. The van der Waals surface area contributed by atoms with E-state index in [1.165, 1.54) is 57.8 Å². The number of urea groups is 1. The van der Waals surface area contributed by atoms with Crippen LogP contribution in [0.4, 0.5) is 4.79 Å². The second-order valence-corrected chi connectivity index (χ2v) is 7.19. The van der Waals surface area contributed by atoms with Gasteiger partial charge in [-0.05, 0) is 32.1 Å². The van der Waals surface area contributed by atoms with E-state index in [0.717, 1.165) is 30.7 Å². The van der Waals surface area contributed by atoms with E-state index in [9.17, 15) is 14.4 Å². The first-order valence-corrected chi connectivity index (χ1v) is 10.6. The number of nitrogens with one attached hydrogen (secondary N) is 1. The molecule has 1 saturated heterocycles. The molecule has 0 atom stereocenters. The molecule has 27 heavy (non-hydrogen) atoms. The summed E-state index contributed by atoms with van der Waals surface area (Å²) < 4.78 is 0. The summed E-state index contributed by atoms with van der Waals surface area (Å²) in [4.78, 5) is 38.7. The summed E-state index contributed by atoms with van der Waals surface area (Å²) >= 11 is 0. The lowest BCUT2D eigenvalue weighted by molar-refractivity contribution is -0.174. The Kier molecular flexibility index (Phi) is 13.1. The molecule has 0 aromatic rings. The van der Waals surface area contributed by atoms with Crippen molar-refractivity contribution in [3.63, 3.8) is 0 Å². The average molecular weight is 381 g/mol. The molecule has 0 saturated carbocycles. The zero-order valence-electron chi connectivity index (χ0n) is 16.8. The Labute approximate surface area is 163 Å². The molecule has 0 aliphatic carbocycles. The number of hydrogen-bond acceptors (Lipinski definition) is 4. The van der Waals surface area contributed by atoms with Crippen molar-refractivity contribution in [1.82, 2.24) is 10.4 Å². The largest absolute Gasteiger partial charge is 0.357 e. The summed E-state index contributed by atoms with van der Waals surface area (Å²) in [6, 6.07) is -0.669. The number of hydroxylamine groups is 2. The first-order valence-electron chi connectivity index (χ1n) is 10.6. The van der Waals surface area contributed by atoms with Gasteiger partial charge in [-0.25, -0.2) is 9.59 Å². The fraction of sp³-hybridized carbons (Fsp3) is 0.762. The Balaban J connectivity index is 1.84. The van der Waals surface area contributed by atoms with Gasteiger partial charge in [0.15, 0.2) is 0 Å². The molecule has 3 amide bonds. The molecule has 1 aliphatic rings. The molecule has 1 heterocycles. The lowest BCUT2D eigenvalue weighted by atomic mass is 10.1. The van der Waals surface area contributed by atoms with E-state index in [1.54, 1.807) is 0 Å². The summed E-state index contributed by atoms with van der Waals surface area (Å²) in [5, 5.41) is 2.84. The minimum Gasteiger partial charge on any atom is -0.336 e. The molecule has 1 fully saturated rings. The molecule has 0 radical (unpaired) electrons. The molecule has 1 rings (SSSR count). The normalized spacial score (nSPS) is 14.2. The number of amides is 3. The van der Waals surface area contributed by atoms with E-state index in [1.807, 2.05) is 0 Å². The summed E-state index contributed by atoms with van der Waals surface area (Å²) in [5.41, 5.74) is 0. The van der Waals surface area contributed by atoms with Crippen molar-refractivity contribution in [2.24, 2.45) is 0 Å². The van der Waals surface area contributed by atoms with E-state index in [2.05, 4.69) is 24.4 Å². The number of unbranched alkanes of at least 4 members (excludes halogenated alkanes) is 11. The van der Waals surface area contributed by atoms with Gasteiger partial charge in [-0.3, -0.25) is 10.1 Å². The number of rotatable bonds is 16. The third kappa shape index (κ3) is 12.2. The van der Waals surface area contributed by atoms with Crippen molar-refractivity contribution in [3.05, 3.63) is 12.2 Å². The summed E-state index contributed by atoms with van der Waals surface area (Å²) in [6.45, 7) is 2.04. The highest BCUT2D eigenvalue weighted by Gasteiger charge is 2.30. The standard InChI is InChI=1S/C21H36N2O4/c1-2-3-4-5-6-7-8-9-10-11-12-13-14-15-16-17-20(25)27-23-18-19(24)22-21(23)26/h9-10H,2-8,11-18H2,1H3,(H,22,24,26)/b10-9-. The maximum absolute atomic E-state index is 11.6. The Morgan fingerprint density at radius 3 is 2.04 bits per heavy atom. The van der Waals surface area contributed by atoms with Gasteiger partial charge in [0, 0.05) is 6.42 Å². The van der Waals surface area contributed by atoms with Crippen LogP contribution in [0.25, 0.3) is 0 Å². The van der Waals surface area contributed by atoms with Gasteiger partial charge < -0.3 is 4.84 Å². The Bertz CT molecular complexity index is 477. The lowest BCUT2D eigenvalue weighted by Gasteiger charge is -2.11. The van der Waals surface area contributed by atoms with Crippen LogP contribution in [0.1, 0.15) is 96.8 Å². The van der Waals surface area contributed by atoms with E-state index < -0.39 is 17.9 Å². The van der Waals surface area contributed by atoms with Crippen LogP contribution in [0.2, 0.25) is 0 Å². The lowest BCUT2D eigenvalue weighted by Crippen LogP contribution is -2.30. The Morgan fingerprint density at radius 2 is 1.48 bits per heavy atom. The number of hydrogen-bond donors (Lipinski definition) is 1. The number of allylic oxidation sites excluding steroid dienone is 2. The van der Waals surface area contributed by atoms with Gasteiger partial charge in [0.2, 0.25) is 0 Å². The molecule has 0 spiro atoms. The molecule has 154 valence electrons. The van der Waals surface area contributed by atoms with Gasteiger partial charge in [0.1, 0.15) is 6.54 Å². The molecule has 6 heteroatoms. The summed E-state index contributed by atoms with van der Waals surface area (Å²) in [5.74, 6) is -0.911. The van der Waals surface area contributed by atoms with Crippen molar-refractivity contribution in [2.75, 3.05) is 6.54 Å². The van der Waals surface area contributed by atoms with E-state index >= 15 is 0 Å². The van der Waals surface area contributed by atoms with Gasteiger partial charge in [0.25, 0.3) is 5.91 Å². The average Bonchev–Trinajstić information content (AvgIpc) is 2.95. The van der Waals surface area contributed by atoms with Crippen molar-refractivity contribution < 1.29 is 19.2 Å². The number of nitrogens with zero attached hydrogens (tertiary/aromatic N) is 1. The minimum atomic E-state index is -0.669. The fourth-order valence-corrected chi connectivity index (χ4v) is 3.01. The van der Waals surface area contributed by atoms with Gasteiger partial charge in [-0.15, -0.1) is 5.06 Å². The van der Waals surface area contributed by atoms with Crippen molar-refractivity contribution in [1.29, 1.82) is 0 Å². The first kappa shape index (κ1) is 23.2. The van der Waals surface area contributed by atoms with E-state index in [4.69, 9.17) is 4.84 Å². The maximum Gasteiger partial charge on any atom is 0.357 e. The van der Waals surface area contributed by atoms with Crippen molar-refractivity contribution in [3.8, 4) is 0 Å². The number of carbonyl (C=O) groups is 3. The Hall–Kier alpha value is -1.85. The predicted octanol–water partition coefficient (Wildman–Crippen LogP) is 5.03. The highest BCUT2D eigenvalue weighted by molar-refractivity contribution is 6.01. The van der Waals surface area contributed by atoms with Gasteiger partial charge in [-0.1, -0.05) is 70.4 Å². The number of carbonyl (C=O) groups excluding carboxylic acids is 3. The molecule has 6 nitrogen and oxygen atoms in total. The number of imide groups is 1. The van der Waals surface area contributed by atoms with Crippen LogP contribution in [-0.2, 0) is 14.4 Å². The Morgan fingerprint density at radius 1 is 0.926 bits per heavy atom. The highest BCUT2D eigenvalue weighted by atomic mass is 16.7. The third-order valence-electron chi connectivity index (χ3n) is 4.61. The van der Waals surface area contributed by atoms with Gasteiger partial charge in [-0.2, -0.15) is 0 Å². The first-order chi connectivity index (χ1) is 13.1. The van der Waals surface area contributed by atoms with E-state index in [0.29, 0.717) is 0 Å².